The van der Waals surface area contributed by atoms with E-state index >= 15 is 0 Å². The van der Waals surface area contributed by atoms with Crippen molar-refractivity contribution in [1.82, 2.24) is 4.90 Å². The Kier molecular flexibility index (Phi) is 4.27. The van der Waals surface area contributed by atoms with Crippen LogP contribution in [0.15, 0.2) is 30.3 Å². The van der Waals surface area contributed by atoms with Crippen LogP contribution in [-0.4, -0.2) is 43.2 Å². The lowest BCUT2D eigenvalue weighted by molar-refractivity contribution is -0.160. The molecule has 0 spiro atoms. The first kappa shape index (κ1) is 14.5. The Balaban J connectivity index is 1.71. The van der Waals surface area contributed by atoms with Crippen molar-refractivity contribution in [1.29, 1.82) is 0 Å². The number of carbonyl (C=O) groups excluding carboxylic acids is 1. The molecule has 2 aliphatic heterocycles. The summed E-state index contributed by atoms with van der Waals surface area (Å²) in [7, 11) is 3.59. The number of benzene rings is 1. The highest BCUT2D eigenvalue weighted by Gasteiger charge is 2.49. The summed E-state index contributed by atoms with van der Waals surface area (Å²) in [5.41, 5.74) is 1.15. The van der Waals surface area contributed by atoms with Gasteiger partial charge in [-0.05, 0) is 31.9 Å². The van der Waals surface area contributed by atoms with Crippen molar-refractivity contribution in [2.24, 2.45) is 5.92 Å². The van der Waals surface area contributed by atoms with Gasteiger partial charge in [-0.3, -0.25) is 9.69 Å². The fourth-order valence-electron chi connectivity index (χ4n) is 3.81. The Bertz CT molecular complexity index is 490. The van der Waals surface area contributed by atoms with Gasteiger partial charge in [0, 0.05) is 12.1 Å². The predicted octanol–water partition coefficient (Wildman–Crippen LogP) is 2.23. The SMILES string of the molecule is COC(=O)[C@@H]1C2CCC(C[C@@H]1OCc1ccccc1)N2C. The fourth-order valence-corrected chi connectivity index (χ4v) is 3.81. The number of methoxy groups -OCH3 is 1. The molecule has 2 aliphatic rings. The van der Waals surface area contributed by atoms with Crippen LogP contribution < -0.4 is 0 Å². The summed E-state index contributed by atoms with van der Waals surface area (Å²) in [6.07, 6.45) is 3.09. The van der Waals surface area contributed by atoms with E-state index < -0.39 is 0 Å². The number of nitrogens with zero attached hydrogens (tertiary/aromatic N) is 1. The van der Waals surface area contributed by atoms with Crippen LogP contribution in [0, 0.1) is 5.92 Å². The van der Waals surface area contributed by atoms with E-state index in [1.165, 1.54) is 7.11 Å². The van der Waals surface area contributed by atoms with Gasteiger partial charge in [0.05, 0.1) is 25.7 Å². The van der Waals surface area contributed by atoms with E-state index in [1.54, 1.807) is 0 Å². The summed E-state index contributed by atoms with van der Waals surface area (Å²) in [5, 5.41) is 0. The van der Waals surface area contributed by atoms with Crippen molar-refractivity contribution in [2.75, 3.05) is 14.2 Å². The highest BCUT2D eigenvalue weighted by molar-refractivity contribution is 5.74. The van der Waals surface area contributed by atoms with Gasteiger partial charge < -0.3 is 9.47 Å². The molecule has 1 aromatic carbocycles. The molecule has 21 heavy (non-hydrogen) atoms. The van der Waals surface area contributed by atoms with Gasteiger partial charge in [-0.1, -0.05) is 30.3 Å². The van der Waals surface area contributed by atoms with Crippen molar-refractivity contribution in [2.45, 2.75) is 44.1 Å². The van der Waals surface area contributed by atoms with Crippen LogP contribution in [0.5, 0.6) is 0 Å². The molecule has 2 fully saturated rings. The lowest BCUT2D eigenvalue weighted by Gasteiger charge is -2.41. The first-order chi connectivity index (χ1) is 10.2. The average Bonchev–Trinajstić information content (AvgIpc) is 2.76. The quantitative estimate of drug-likeness (QED) is 0.797. The minimum absolute atomic E-state index is 0.0358. The lowest BCUT2D eigenvalue weighted by atomic mass is 9.87. The van der Waals surface area contributed by atoms with Crippen molar-refractivity contribution in [3.63, 3.8) is 0 Å². The van der Waals surface area contributed by atoms with E-state index in [0.29, 0.717) is 12.6 Å². The number of rotatable bonds is 4. The van der Waals surface area contributed by atoms with Crippen LogP contribution in [0.25, 0.3) is 0 Å². The van der Waals surface area contributed by atoms with Crippen LogP contribution in [0.1, 0.15) is 24.8 Å². The first-order valence-electron chi connectivity index (χ1n) is 7.66. The molecule has 114 valence electrons. The monoisotopic (exact) mass is 289 g/mol. The summed E-state index contributed by atoms with van der Waals surface area (Å²) < 4.78 is 11.1. The van der Waals surface area contributed by atoms with Gasteiger partial charge in [-0.25, -0.2) is 0 Å². The molecule has 4 atom stereocenters. The molecule has 0 N–H and O–H groups in total. The maximum absolute atomic E-state index is 12.2. The van der Waals surface area contributed by atoms with Gasteiger partial charge >= 0.3 is 5.97 Å². The Morgan fingerprint density at radius 2 is 2.05 bits per heavy atom. The zero-order valence-electron chi connectivity index (χ0n) is 12.7. The molecule has 0 amide bonds. The zero-order valence-corrected chi connectivity index (χ0v) is 12.7. The molecule has 1 aromatic rings. The minimum Gasteiger partial charge on any atom is -0.469 e. The number of esters is 1. The largest absolute Gasteiger partial charge is 0.469 e. The molecular weight excluding hydrogens is 266 g/mol. The molecule has 0 radical (unpaired) electrons. The second-order valence-corrected chi connectivity index (χ2v) is 6.08. The van der Waals surface area contributed by atoms with Crippen LogP contribution in [-0.2, 0) is 20.9 Å². The van der Waals surface area contributed by atoms with E-state index in [9.17, 15) is 4.79 Å². The summed E-state index contributed by atoms with van der Waals surface area (Å²) in [4.78, 5) is 14.5. The fraction of sp³-hybridized carbons (Fsp3) is 0.588. The Labute approximate surface area is 126 Å². The molecule has 4 nitrogen and oxygen atoms in total. The Hall–Kier alpha value is -1.39. The number of hydrogen-bond donors (Lipinski definition) is 0. The third-order valence-corrected chi connectivity index (χ3v) is 4.99. The van der Waals surface area contributed by atoms with E-state index in [0.717, 1.165) is 24.8 Å². The molecule has 0 saturated carbocycles. The molecule has 2 heterocycles. The molecule has 2 saturated heterocycles. The number of carbonyl (C=O) groups is 1. The third-order valence-electron chi connectivity index (χ3n) is 4.99. The van der Waals surface area contributed by atoms with Crippen LogP contribution in [0.3, 0.4) is 0 Å². The topological polar surface area (TPSA) is 38.8 Å². The van der Waals surface area contributed by atoms with Gasteiger partial charge in [0.2, 0.25) is 0 Å². The van der Waals surface area contributed by atoms with Gasteiger partial charge in [-0.2, -0.15) is 0 Å². The highest BCUT2D eigenvalue weighted by atomic mass is 16.5. The van der Waals surface area contributed by atoms with Gasteiger partial charge in [0.15, 0.2) is 0 Å². The standard InChI is InChI=1S/C17H23NO3/c1-18-13-8-9-14(18)16(17(19)20-2)15(10-13)21-11-12-6-4-3-5-7-12/h3-7,13-16H,8-11H2,1-2H3/t13?,14?,15-,16+/m0/s1. The predicted molar refractivity (Wildman–Crippen MR) is 79.7 cm³/mol. The molecule has 2 unspecified atom stereocenters. The molecule has 2 bridgehead atoms. The van der Waals surface area contributed by atoms with Crippen molar-refractivity contribution in [3.05, 3.63) is 35.9 Å². The lowest BCUT2D eigenvalue weighted by Crippen LogP contribution is -2.53. The minimum atomic E-state index is -0.164. The maximum Gasteiger partial charge on any atom is 0.312 e. The van der Waals surface area contributed by atoms with Crippen LogP contribution in [0.2, 0.25) is 0 Å². The van der Waals surface area contributed by atoms with Gasteiger partial charge in [-0.15, -0.1) is 0 Å². The van der Waals surface area contributed by atoms with Crippen molar-refractivity contribution >= 4 is 5.97 Å². The summed E-state index contributed by atoms with van der Waals surface area (Å²) in [5.74, 6) is -0.298. The highest BCUT2D eigenvalue weighted by Crippen LogP contribution is 2.40. The smallest absolute Gasteiger partial charge is 0.312 e. The zero-order chi connectivity index (χ0) is 14.8. The number of hydrogen-bond acceptors (Lipinski definition) is 4. The molecule has 0 aliphatic carbocycles. The second kappa shape index (κ2) is 6.16. The molecule has 4 heteroatoms. The first-order valence-corrected chi connectivity index (χ1v) is 7.66. The third kappa shape index (κ3) is 2.83. The molecule has 0 aromatic heterocycles. The summed E-state index contributed by atoms with van der Waals surface area (Å²) in [6, 6.07) is 10.9. The molecule has 3 rings (SSSR count). The van der Waals surface area contributed by atoms with Crippen LogP contribution >= 0.6 is 0 Å². The second-order valence-electron chi connectivity index (χ2n) is 6.08. The number of fused-ring (bicyclic) bond motifs is 2. The van der Waals surface area contributed by atoms with E-state index in [1.807, 2.05) is 18.2 Å². The van der Waals surface area contributed by atoms with E-state index in [4.69, 9.17) is 9.47 Å². The Morgan fingerprint density at radius 1 is 1.29 bits per heavy atom. The van der Waals surface area contributed by atoms with Gasteiger partial charge in [0.25, 0.3) is 0 Å². The normalized spacial score (nSPS) is 32.1. The van der Waals surface area contributed by atoms with Crippen molar-refractivity contribution < 1.29 is 14.3 Å². The van der Waals surface area contributed by atoms with E-state index in [-0.39, 0.29) is 24.0 Å². The maximum atomic E-state index is 12.2. The molecular formula is C17H23NO3. The summed E-state index contributed by atoms with van der Waals surface area (Å²) in [6.45, 7) is 0.558. The average molecular weight is 289 g/mol. The van der Waals surface area contributed by atoms with Crippen LogP contribution in [0.4, 0.5) is 0 Å². The summed E-state index contributed by atoms with van der Waals surface area (Å²) >= 11 is 0. The van der Waals surface area contributed by atoms with Crippen molar-refractivity contribution in [3.8, 4) is 0 Å². The number of piperidine rings is 1. The van der Waals surface area contributed by atoms with E-state index in [2.05, 4.69) is 24.1 Å². The number of ether oxygens (including phenoxy) is 2. The van der Waals surface area contributed by atoms with Gasteiger partial charge in [0.1, 0.15) is 0 Å². The Morgan fingerprint density at radius 3 is 2.76 bits per heavy atom.